The first kappa shape index (κ1) is 15.3. The summed E-state index contributed by atoms with van der Waals surface area (Å²) < 4.78 is 2.25. The Hall–Kier alpha value is -1.63. The lowest BCUT2D eigenvalue weighted by Gasteiger charge is -2.27. The molecule has 0 bridgehead atoms. The first-order valence-electron chi connectivity index (χ1n) is 8.72. The van der Waals surface area contributed by atoms with Crippen molar-refractivity contribution in [2.75, 3.05) is 0 Å². The molecule has 116 valence electrons. The summed E-state index contributed by atoms with van der Waals surface area (Å²) in [6.07, 6.45) is 9.31. The van der Waals surface area contributed by atoms with Crippen LogP contribution in [0.4, 0.5) is 0 Å². The molecule has 1 atom stereocenters. The van der Waals surface area contributed by atoms with Crippen molar-refractivity contribution in [3.05, 3.63) is 53.7 Å². The van der Waals surface area contributed by atoms with E-state index in [-0.39, 0.29) is 0 Å². The summed E-state index contributed by atoms with van der Waals surface area (Å²) in [4.78, 5) is 0. The molecule has 0 N–H and O–H groups in total. The molecule has 1 fully saturated rings. The van der Waals surface area contributed by atoms with Crippen LogP contribution in [-0.2, 0) is 7.05 Å². The van der Waals surface area contributed by atoms with Gasteiger partial charge in [-0.3, -0.25) is 0 Å². The topological polar surface area (TPSA) is 3.88 Å². The smallest absolute Gasteiger partial charge is 0.201 e. The molecule has 1 aliphatic carbocycles. The van der Waals surface area contributed by atoms with Gasteiger partial charge in [-0.05, 0) is 48.8 Å². The Kier molecular flexibility index (Phi) is 4.61. The Labute approximate surface area is 135 Å². The van der Waals surface area contributed by atoms with Gasteiger partial charge in [0.2, 0.25) is 5.69 Å². The zero-order valence-corrected chi connectivity index (χ0v) is 14.2. The van der Waals surface area contributed by atoms with Gasteiger partial charge < -0.3 is 0 Å². The van der Waals surface area contributed by atoms with Crippen molar-refractivity contribution in [3.8, 4) is 11.3 Å². The van der Waals surface area contributed by atoms with Crippen LogP contribution in [0.5, 0.6) is 0 Å². The summed E-state index contributed by atoms with van der Waals surface area (Å²) in [5, 5.41) is 0. The minimum atomic E-state index is 0.671. The summed E-state index contributed by atoms with van der Waals surface area (Å²) in [6, 6.07) is 13.4. The van der Waals surface area contributed by atoms with Crippen LogP contribution in [0, 0.1) is 12.8 Å². The molecule has 1 aliphatic rings. The van der Waals surface area contributed by atoms with E-state index >= 15 is 0 Å². The fourth-order valence-electron chi connectivity index (χ4n) is 3.90. The van der Waals surface area contributed by atoms with Crippen molar-refractivity contribution >= 4 is 0 Å². The molecule has 0 saturated heterocycles. The number of benzene rings is 1. The third-order valence-electron chi connectivity index (χ3n) is 5.48. The van der Waals surface area contributed by atoms with Crippen LogP contribution < -0.4 is 4.57 Å². The molecule has 1 heteroatoms. The second kappa shape index (κ2) is 6.64. The van der Waals surface area contributed by atoms with Gasteiger partial charge in [0, 0.05) is 17.7 Å². The molecular weight excluding hydrogens is 266 g/mol. The van der Waals surface area contributed by atoms with Crippen molar-refractivity contribution < 1.29 is 4.57 Å². The van der Waals surface area contributed by atoms with Crippen molar-refractivity contribution in [2.45, 2.75) is 51.9 Å². The van der Waals surface area contributed by atoms with Gasteiger partial charge in [-0.1, -0.05) is 44.4 Å². The number of nitrogens with zero attached hydrogens (tertiary/aromatic N) is 1. The second-order valence-corrected chi connectivity index (χ2v) is 6.96. The predicted octanol–water partition coefficient (Wildman–Crippen LogP) is 5.17. The molecule has 0 radical (unpaired) electrons. The highest BCUT2D eigenvalue weighted by Crippen LogP contribution is 2.36. The van der Waals surface area contributed by atoms with Crippen LogP contribution >= 0.6 is 0 Å². The van der Waals surface area contributed by atoms with Crippen molar-refractivity contribution in [1.29, 1.82) is 0 Å². The Bertz CT molecular complexity index is 638. The number of hydrogen-bond acceptors (Lipinski definition) is 0. The molecule has 22 heavy (non-hydrogen) atoms. The molecule has 1 heterocycles. The average Bonchev–Trinajstić information content (AvgIpc) is 2.56. The minimum Gasteiger partial charge on any atom is -0.201 e. The maximum Gasteiger partial charge on any atom is 0.212 e. The predicted molar refractivity (Wildman–Crippen MR) is 92.8 cm³/mol. The summed E-state index contributed by atoms with van der Waals surface area (Å²) in [5.74, 6) is 1.54. The van der Waals surface area contributed by atoms with Crippen molar-refractivity contribution in [2.24, 2.45) is 13.0 Å². The Morgan fingerprint density at radius 1 is 1.05 bits per heavy atom. The van der Waals surface area contributed by atoms with Crippen molar-refractivity contribution in [3.63, 3.8) is 0 Å². The first-order valence-corrected chi connectivity index (χ1v) is 8.72. The van der Waals surface area contributed by atoms with Crippen LogP contribution in [0.1, 0.15) is 56.1 Å². The molecule has 0 aliphatic heterocycles. The zero-order valence-electron chi connectivity index (χ0n) is 14.2. The largest absolute Gasteiger partial charge is 0.212 e. The van der Waals surface area contributed by atoms with Crippen LogP contribution in [0.25, 0.3) is 11.3 Å². The van der Waals surface area contributed by atoms with E-state index in [1.807, 2.05) is 0 Å². The third-order valence-corrected chi connectivity index (χ3v) is 5.48. The maximum absolute atomic E-state index is 2.42. The average molecular weight is 294 g/mol. The van der Waals surface area contributed by atoms with E-state index in [0.717, 1.165) is 5.92 Å². The van der Waals surface area contributed by atoms with Crippen molar-refractivity contribution in [1.82, 2.24) is 0 Å². The normalized spacial score (nSPS) is 17.4. The number of rotatable bonds is 3. The van der Waals surface area contributed by atoms with Gasteiger partial charge in [0.1, 0.15) is 7.05 Å². The van der Waals surface area contributed by atoms with Gasteiger partial charge in [-0.25, -0.2) is 4.57 Å². The van der Waals surface area contributed by atoms with Gasteiger partial charge in [0.25, 0.3) is 0 Å². The summed E-state index contributed by atoms with van der Waals surface area (Å²) in [6.45, 7) is 4.62. The van der Waals surface area contributed by atoms with E-state index in [1.165, 1.54) is 54.5 Å². The van der Waals surface area contributed by atoms with Crippen LogP contribution in [0.3, 0.4) is 0 Å². The lowest BCUT2D eigenvalue weighted by atomic mass is 9.78. The highest BCUT2D eigenvalue weighted by Gasteiger charge is 2.23. The van der Waals surface area contributed by atoms with Gasteiger partial charge in [-0.2, -0.15) is 0 Å². The summed E-state index contributed by atoms with van der Waals surface area (Å²) in [5.41, 5.74) is 5.53. The fraction of sp³-hybridized carbons (Fsp3) is 0.476. The first-order chi connectivity index (χ1) is 10.7. The third kappa shape index (κ3) is 3.09. The molecule has 0 spiro atoms. The SMILES string of the molecule is Cc1ccccc1-c1cc(C(C)C2CCCCC2)cc[n+]1C. The summed E-state index contributed by atoms with van der Waals surface area (Å²) >= 11 is 0. The molecule has 1 unspecified atom stereocenters. The minimum absolute atomic E-state index is 0.671. The van der Waals surface area contributed by atoms with E-state index in [4.69, 9.17) is 0 Å². The van der Waals surface area contributed by atoms with Gasteiger partial charge in [0.15, 0.2) is 6.20 Å². The molecule has 1 aromatic heterocycles. The molecular formula is C21H28N+. The molecule has 3 rings (SSSR count). The Morgan fingerprint density at radius 3 is 2.50 bits per heavy atom. The van der Waals surface area contributed by atoms with E-state index in [1.54, 1.807) is 0 Å². The zero-order chi connectivity index (χ0) is 15.5. The number of pyridine rings is 1. The molecule has 1 aromatic carbocycles. The quantitative estimate of drug-likeness (QED) is 0.688. The highest BCUT2D eigenvalue weighted by atomic mass is 14.9. The fourth-order valence-corrected chi connectivity index (χ4v) is 3.90. The van der Waals surface area contributed by atoms with E-state index in [9.17, 15) is 0 Å². The van der Waals surface area contributed by atoms with E-state index in [0.29, 0.717) is 5.92 Å². The number of aromatic nitrogens is 1. The number of hydrogen-bond donors (Lipinski definition) is 0. The summed E-state index contributed by atoms with van der Waals surface area (Å²) in [7, 11) is 2.15. The van der Waals surface area contributed by atoms with Crippen LogP contribution in [0.15, 0.2) is 42.6 Å². The van der Waals surface area contributed by atoms with E-state index in [2.05, 4.69) is 68.1 Å². The molecule has 2 aromatic rings. The van der Waals surface area contributed by atoms with Gasteiger partial charge in [-0.15, -0.1) is 0 Å². The molecule has 1 nitrogen and oxygen atoms in total. The lowest BCUT2D eigenvalue weighted by molar-refractivity contribution is -0.660. The molecule has 0 amide bonds. The standard InChI is InChI=1S/C21H28N/c1-16-9-7-8-12-20(16)21-15-19(13-14-22(21)3)17(2)18-10-5-4-6-11-18/h7-9,12-15,17-18H,4-6,10-11H2,1-3H3/q+1. The lowest BCUT2D eigenvalue weighted by Crippen LogP contribution is -2.31. The monoisotopic (exact) mass is 294 g/mol. The van der Waals surface area contributed by atoms with Gasteiger partial charge >= 0.3 is 0 Å². The Morgan fingerprint density at radius 2 is 1.77 bits per heavy atom. The van der Waals surface area contributed by atoms with Crippen LogP contribution in [-0.4, -0.2) is 0 Å². The maximum atomic E-state index is 2.42. The van der Waals surface area contributed by atoms with Crippen LogP contribution in [0.2, 0.25) is 0 Å². The highest BCUT2D eigenvalue weighted by molar-refractivity contribution is 5.61. The number of aryl methyl sites for hydroxylation is 2. The Balaban J connectivity index is 1.94. The molecule has 1 saturated carbocycles. The van der Waals surface area contributed by atoms with E-state index < -0.39 is 0 Å². The van der Waals surface area contributed by atoms with Gasteiger partial charge in [0.05, 0.1) is 0 Å². The second-order valence-electron chi connectivity index (χ2n) is 6.96.